The van der Waals surface area contributed by atoms with Crippen molar-refractivity contribution >= 4 is 35.5 Å². The lowest BCUT2D eigenvalue weighted by Crippen LogP contribution is -2.49. The predicted molar refractivity (Wildman–Crippen MR) is 200 cm³/mol. The average Bonchev–Trinajstić information content (AvgIpc) is 3.36. The standard InChI is InChI=1S/C44H35NSi/c1-46(2)43-16-10-9-15-41(43)42-30-23-37(31-44(42)46)36-21-28-40(29-22-36)45(38-24-17-34(18-25-38)32-11-5-3-6-12-32)39-26-19-35(20-27-39)33-13-7-4-8-14-33/h3-31H,1-2H3. The summed E-state index contributed by atoms with van der Waals surface area (Å²) in [6.45, 7) is 4.96. The van der Waals surface area contributed by atoms with E-state index in [0.717, 1.165) is 17.1 Å². The van der Waals surface area contributed by atoms with E-state index in [4.69, 9.17) is 0 Å². The van der Waals surface area contributed by atoms with Crippen LogP contribution in [0.25, 0.3) is 44.5 Å². The molecule has 8 rings (SSSR count). The van der Waals surface area contributed by atoms with Crippen LogP contribution in [0.1, 0.15) is 0 Å². The van der Waals surface area contributed by atoms with E-state index in [9.17, 15) is 0 Å². The van der Waals surface area contributed by atoms with Crippen molar-refractivity contribution in [2.24, 2.45) is 0 Å². The minimum atomic E-state index is -1.73. The fourth-order valence-electron chi connectivity index (χ4n) is 7.00. The van der Waals surface area contributed by atoms with E-state index < -0.39 is 8.07 Å². The molecule has 0 saturated carbocycles. The highest BCUT2D eigenvalue weighted by Gasteiger charge is 2.37. The first-order chi connectivity index (χ1) is 22.6. The average molecular weight is 606 g/mol. The summed E-state index contributed by atoms with van der Waals surface area (Å²) < 4.78 is 0. The van der Waals surface area contributed by atoms with Gasteiger partial charge in [-0.3, -0.25) is 0 Å². The molecule has 0 N–H and O–H groups in total. The van der Waals surface area contributed by atoms with Crippen molar-refractivity contribution in [2.75, 3.05) is 4.90 Å². The molecule has 7 aromatic rings. The first-order valence-electron chi connectivity index (χ1n) is 16.0. The molecule has 0 spiro atoms. The zero-order valence-electron chi connectivity index (χ0n) is 26.2. The van der Waals surface area contributed by atoms with Crippen LogP contribution in [0.3, 0.4) is 0 Å². The van der Waals surface area contributed by atoms with Crippen LogP contribution in [-0.4, -0.2) is 8.07 Å². The maximum atomic E-state index is 2.48. The van der Waals surface area contributed by atoms with Gasteiger partial charge in [0.2, 0.25) is 0 Å². The van der Waals surface area contributed by atoms with Crippen LogP contribution in [0.5, 0.6) is 0 Å². The summed E-state index contributed by atoms with van der Waals surface area (Å²) in [6, 6.07) is 64.1. The summed E-state index contributed by atoms with van der Waals surface area (Å²) in [5.41, 5.74) is 13.6. The molecule has 1 aliphatic heterocycles. The summed E-state index contributed by atoms with van der Waals surface area (Å²) in [4.78, 5) is 2.35. The normalized spacial score (nSPS) is 12.7. The first kappa shape index (κ1) is 28.1. The molecule has 0 aliphatic carbocycles. The molecular formula is C44H35NSi. The largest absolute Gasteiger partial charge is 0.311 e. The topological polar surface area (TPSA) is 3.24 Å². The highest BCUT2D eigenvalue weighted by molar-refractivity contribution is 7.03. The maximum Gasteiger partial charge on any atom is 0.113 e. The lowest BCUT2D eigenvalue weighted by atomic mass is 10.00. The summed E-state index contributed by atoms with van der Waals surface area (Å²) in [6.07, 6.45) is 0. The Morgan fingerprint density at radius 1 is 0.326 bits per heavy atom. The molecule has 220 valence electrons. The van der Waals surface area contributed by atoms with E-state index in [1.165, 1.54) is 49.7 Å². The second-order valence-electron chi connectivity index (χ2n) is 12.6. The van der Waals surface area contributed by atoms with Gasteiger partial charge in [0, 0.05) is 17.1 Å². The number of fused-ring (bicyclic) bond motifs is 3. The molecule has 46 heavy (non-hydrogen) atoms. The molecule has 1 heterocycles. The van der Waals surface area contributed by atoms with Crippen molar-refractivity contribution < 1.29 is 0 Å². The third-order valence-corrected chi connectivity index (χ3v) is 13.1. The van der Waals surface area contributed by atoms with Crippen molar-refractivity contribution in [2.45, 2.75) is 13.1 Å². The Kier molecular flexibility index (Phi) is 7.01. The van der Waals surface area contributed by atoms with E-state index in [0.29, 0.717) is 0 Å². The van der Waals surface area contributed by atoms with Gasteiger partial charge in [0.1, 0.15) is 8.07 Å². The Morgan fingerprint density at radius 2 is 0.696 bits per heavy atom. The van der Waals surface area contributed by atoms with Gasteiger partial charge in [0.05, 0.1) is 0 Å². The molecule has 0 bridgehead atoms. The van der Waals surface area contributed by atoms with Crippen LogP contribution >= 0.6 is 0 Å². The molecular weight excluding hydrogens is 571 g/mol. The van der Waals surface area contributed by atoms with Gasteiger partial charge in [-0.15, -0.1) is 0 Å². The smallest absolute Gasteiger partial charge is 0.113 e. The molecule has 0 fully saturated rings. The Morgan fingerprint density at radius 3 is 1.20 bits per heavy atom. The van der Waals surface area contributed by atoms with E-state index in [2.05, 4.69) is 194 Å². The predicted octanol–water partition coefficient (Wildman–Crippen LogP) is 11.0. The van der Waals surface area contributed by atoms with Gasteiger partial charge in [-0.1, -0.05) is 153 Å². The van der Waals surface area contributed by atoms with Crippen LogP contribution in [-0.2, 0) is 0 Å². The molecule has 1 nitrogen and oxygen atoms in total. The molecule has 0 atom stereocenters. The van der Waals surface area contributed by atoms with Crippen molar-refractivity contribution in [3.05, 3.63) is 176 Å². The highest BCUT2D eigenvalue weighted by Crippen LogP contribution is 2.38. The molecule has 7 aromatic carbocycles. The molecule has 0 radical (unpaired) electrons. The molecule has 0 saturated heterocycles. The van der Waals surface area contributed by atoms with Gasteiger partial charge in [-0.2, -0.15) is 0 Å². The van der Waals surface area contributed by atoms with Gasteiger partial charge < -0.3 is 4.90 Å². The Bertz CT molecular complexity index is 2050. The SMILES string of the molecule is C[Si]1(C)c2ccccc2-c2ccc(-c3ccc(N(c4ccc(-c5ccccc5)cc4)c4ccc(-c5ccccc5)cc4)cc3)cc21. The van der Waals surface area contributed by atoms with Crippen LogP contribution in [0.15, 0.2) is 176 Å². The van der Waals surface area contributed by atoms with Crippen molar-refractivity contribution in [1.82, 2.24) is 0 Å². The molecule has 0 unspecified atom stereocenters. The first-order valence-corrected chi connectivity index (χ1v) is 19.0. The van der Waals surface area contributed by atoms with E-state index >= 15 is 0 Å². The molecule has 0 aromatic heterocycles. The second-order valence-corrected chi connectivity index (χ2v) is 17.0. The maximum absolute atomic E-state index is 2.48. The van der Waals surface area contributed by atoms with Gasteiger partial charge in [0.25, 0.3) is 0 Å². The number of nitrogens with zero attached hydrogens (tertiary/aromatic N) is 1. The van der Waals surface area contributed by atoms with Crippen molar-refractivity contribution in [3.63, 3.8) is 0 Å². The monoisotopic (exact) mass is 605 g/mol. The van der Waals surface area contributed by atoms with E-state index in [1.807, 2.05) is 0 Å². The van der Waals surface area contributed by atoms with E-state index in [-0.39, 0.29) is 0 Å². The summed E-state index contributed by atoms with van der Waals surface area (Å²) >= 11 is 0. The van der Waals surface area contributed by atoms with Crippen LogP contribution < -0.4 is 15.3 Å². The van der Waals surface area contributed by atoms with Gasteiger partial charge in [-0.25, -0.2) is 0 Å². The number of hydrogen-bond donors (Lipinski definition) is 0. The van der Waals surface area contributed by atoms with Gasteiger partial charge in [0.15, 0.2) is 0 Å². The zero-order chi connectivity index (χ0) is 31.1. The van der Waals surface area contributed by atoms with Crippen LogP contribution in [0.4, 0.5) is 17.1 Å². The third kappa shape index (κ3) is 4.97. The third-order valence-electron chi connectivity index (χ3n) is 9.51. The van der Waals surface area contributed by atoms with Gasteiger partial charge in [-0.05, 0) is 91.3 Å². The number of hydrogen-bond acceptors (Lipinski definition) is 1. The lowest BCUT2D eigenvalue weighted by molar-refractivity contribution is 1.28. The summed E-state index contributed by atoms with van der Waals surface area (Å²) in [5, 5.41) is 3.08. The fraction of sp³-hybridized carbons (Fsp3) is 0.0455. The Hall–Kier alpha value is -5.44. The summed E-state index contributed by atoms with van der Waals surface area (Å²) in [7, 11) is -1.73. The second kappa shape index (κ2) is 11.5. The summed E-state index contributed by atoms with van der Waals surface area (Å²) in [5.74, 6) is 0. The Balaban J connectivity index is 1.16. The van der Waals surface area contributed by atoms with E-state index in [1.54, 1.807) is 5.19 Å². The lowest BCUT2D eigenvalue weighted by Gasteiger charge is -2.26. The molecule has 2 heteroatoms. The number of rotatable bonds is 6. The van der Waals surface area contributed by atoms with Crippen molar-refractivity contribution in [1.29, 1.82) is 0 Å². The van der Waals surface area contributed by atoms with Gasteiger partial charge >= 0.3 is 0 Å². The zero-order valence-corrected chi connectivity index (χ0v) is 27.2. The molecule has 1 aliphatic rings. The van der Waals surface area contributed by atoms with Crippen LogP contribution in [0.2, 0.25) is 13.1 Å². The number of anilines is 3. The minimum Gasteiger partial charge on any atom is -0.311 e. The Labute approximate surface area is 273 Å². The quantitative estimate of drug-likeness (QED) is 0.170. The van der Waals surface area contributed by atoms with Crippen molar-refractivity contribution in [3.8, 4) is 44.5 Å². The minimum absolute atomic E-state index is 1.13. The fourth-order valence-corrected chi connectivity index (χ4v) is 10.1. The van der Waals surface area contributed by atoms with Crippen LogP contribution in [0, 0.1) is 0 Å². The molecule has 0 amide bonds. The number of benzene rings is 7. The highest BCUT2D eigenvalue weighted by atomic mass is 28.3.